The summed E-state index contributed by atoms with van der Waals surface area (Å²) in [6, 6.07) is 14.2. The van der Waals surface area contributed by atoms with Crippen molar-refractivity contribution in [1.82, 2.24) is 0 Å². The summed E-state index contributed by atoms with van der Waals surface area (Å²) in [7, 11) is 0. The predicted octanol–water partition coefficient (Wildman–Crippen LogP) is 4.56. The summed E-state index contributed by atoms with van der Waals surface area (Å²) in [5, 5.41) is 11.7. The fourth-order valence-electron chi connectivity index (χ4n) is 1.79. The summed E-state index contributed by atoms with van der Waals surface area (Å²) in [6.07, 6.45) is 0. The average Bonchev–Trinajstić information content (AvgIpc) is 2.41. The van der Waals surface area contributed by atoms with Crippen LogP contribution in [0.25, 0.3) is 0 Å². The Balaban J connectivity index is 2.19. The molecule has 0 spiro atoms. The highest BCUT2D eigenvalue weighted by Gasteiger charge is 2.04. The van der Waals surface area contributed by atoms with Gasteiger partial charge in [0.05, 0.1) is 17.3 Å². The zero-order chi connectivity index (χ0) is 13.8. The third-order valence-corrected chi connectivity index (χ3v) is 2.95. The molecule has 0 heterocycles. The molecule has 0 aliphatic rings. The molecule has 0 radical (unpaired) electrons. The lowest BCUT2D eigenvalue weighted by Crippen LogP contribution is -1.95. The van der Waals surface area contributed by atoms with Crippen LogP contribution in [-0.4, -0.2) is 0 Å². The second kappa shape index (κ2) is 5.53. The number of hydrogen-bond acceptors (Lipinski definition) is 2. The zero-order valence-electron chi connectivity index (χ0n) is 10.9. The predicted molar refractivity (Wildman–Crippen MR) is 74.9 cm³/mol. The third kappa shape index (κ3) is 3.11. The highest BCUT2D eigenvalue weighted by atomic mass is 19.1. The molecule has 0 unspecified atom stereocenters. The molecule has 2 aromatic carbocycles. The van der Waals surface area contributed by atoms with Crippen molar-refractivity contribution >= 4 is 11.4 Å². The molecule has 3 heteroatoms. The maximum absolute atomic E-state index is 13.7. The summed E-state index contributed by atoms with van der Waals surface area (Å²) >= 11 is 0. The van der Waals surface area contributed by atoms with E-state index in [-0.39, 0.29) is 0 Å². The van der Waals surface area contributed by atoms with Gasteiger partial charge in [-0.3, -0.25) is 0 Å². The number of benzene rings is 2. The lowest BCUT2D eigenvalue weighted by Gasteiger charge is -2.10. The van der Waals surface area contributed by atoms with E-state index in [2.05, 4.69) is 19.2 Å². The fraction of sp³-hybridized carbons (Fsp3) is 0.188. The first-order chi connectivity index (χ1) is 9.10. The minimum Gasteiger partial charge on any atom is -0.353 e. The largest absolute Gasteiger partial charge is 0.353 e. The molecule has 0 saturated heterocycles. The minimum atomic E-state index is -0.424. The number of nitriles is 1. The van der Waals surface area contributed by atoms with Crippen molar-refractivity contribution in [3.8, 4) is 6.07 Å². The molecule has 2 nitrogen and oxygen atoms in total. The van der Waals surface area contributed by atoms with Crippen molar-refractivity contribution in [3.63, 3.8) is 0 Å². The highest BCUT2D eigenvalue weighted by Crippen LogP contribution is 2.23. The molecule has 2 aromatic rings. The molecule has 0 fully saturated rings. The molecule has 0 amide bonds. The molecule has 0 aromatic heterocycles. The summed E-state index contributed by atoms with van der Waals surface area (Å²) in [4.78, 5) is 0. The fourth-order valence-corrected chi connectivity index (χ4v) is 1.79. The van der Waals surface area contributed by atoms with Gasteiger partial charge in [-0.25, -0.2) is 4.39 Å². The van der Waals surface area contributed by atoms with Gasteiger partial charge in [0, 0.05) is 5.69 Å². The molecule has 0 saturated carbocycles. The number of halogens is 1. The Labute approximate surface area is 112 Å². The van der Waals surface area contributed by atoms with Crippen LogP contribution < -0.4 is 5.32 Å². The molecule has 0 aliphatic heterocycles. The van der Waals surface area contributed by atoms with Crippen molar-refractivity contribution in [2.24, 2.45) is 0 Å². The van der Waals surface area contributed by atoms with Gasteiger partial charge >= 0.3 is 0 Å². The summed E-state index contributed by atoms with van der Waals surface area (Å²) in [5.41, 5.74) is 2.76. The van der Waals surface area contributed by atoms with Crippen LogP contribution >= 0.6 is 0 Å². The maximum Gasteiger partial charge on any atom is 0.147 e. The van der Waals surface area contributed by atoms with Gasteiger partial charge in [0.2, 0.25) is 0 Å². The van der Waals surface area contributed by atoms with Gasteiger partial charge in [-0.05, 0) is 41.8 Å². The minimum absolute atomic E-state index is 0.318. The van der Waals surface area contributed by atoms with Crippen molar-refractivity contribution in [2.75, 3.05) is 5.32 Å². The maximum atomic E-state index is 13.7. The molecule has 1 N–H and O–H groups in total. The topological polar surface area (TPSA) is 35.8 Å². The Morgan fingerprint density at radius 3 is 2.32 bits per heavy atom. The first kappa shape index (κ1) is 13.1. The number of hydrogen-bond donors (Lipinski definition) is 1. The number of nitrogens with zero attached hydrogens (tertiary/aromatic N) is 1. The average molecular weight is 254 g/mol. The normalized spacial score (nSPS) is 10.3. The van der Waals surface area contributed by atoms with Gasteiger partial charge in [-0.1, -0.05) is 26.0 Å². The first-order valence-electron chi connectivity index (χ1n) is 6.17. The SMILES string of the molecule is CC(C)c1ccc(Nc2ccc(C#N)cc2F)cc1. The van der Waals surface area contributed by atoms with Gasteiger partial charge in [-0.15, -0.1) is 0 Å². The molecule has 2 rings (SSSR count). The summed E-state index contributed by atoms with van der Waals surface area (Å²) in [6.45, 7) is 4.26. The Hall–Kier alpha value is -2.34. The van der Waals surface area contributed by atoms with Crippen LogP contribution in [-0.2, 0) is 0 Å². The van der Waals surface area contributed by atoms with Gasteiger partial charge in [-0.2, -0.15) is 5.26 Å². The van der Waals surface area contributed by atoms with E-state index in [9.17, 15) is 4.39 Å². The Morgan fingerprint density at radius 2 is 1.79 bits per heavy atom. The monoisotopic (exact) mass is 254 g/mol. The number of rotatable bonds is 3. The number of anilines is 2. The second-order valence-electron chi connectivity index (χ2n) is 4.71. The van der Waals surface area contributed by atoms with Gasteiger partial charge < -0.3 is 5.32 Å². The van der Waals surface area contributed by atoms with E-state index in [4.69, 9.17) is 5.26 Å². The van der Waals surface area contributed by atoms with Crippen molar-refractivity contribution < 1.29 is 4.39 Å². The van der Waals surface area contributed by atoms with Crippen LogP contribution in [0.15, 0.2) is 42.5 Å². The van der Waals surface area contributed by atoms with E-state index in [0.717, 1.165) is 5.69 Å². The molecule has 0 aliphatic carbocycles. The van der Waals surface area contributed by atoms with Crippen LogP contribution in [0.5, 0.6) is 0 Å². The van der Waals surface area contributed by atoms with E-state index >= 15 is 0 Å². The standard InChI is InChI=1S/C16H15FN2/c1-11(2)13-4-6-14(7-5-13)19-16-8-3-12(10-18)9-15(16)17/h3-9,11,19H,1-2H3. The molecular weight excluding hydrogens is 239 g/mol. The van der Waals surface area contributed by atoms with E-state index < -0.39 is 5.82 Å². The zero-order valence-corrected chi connectivity index (χ0v) is 10.9. The quantitative estimate of drug-likeness (QED) is 0.871. The summed E-state index contributed by atoms with van der Waals surface area (Å²) in [5.74, 6) is 0.0488. The lowest BCUT2D eigenvalue weighted by molar-refractivity contribution is 0.631. The Kier molecular flexibility index (Phi) is 3.82. The molecule has 19 heavy (non-hydrogen) atoms. The highest BCUT2D eigenvalue weighted by molar-refractivity contribution is 5.61. The molecule has 96 valence electrons. The van der Waals surface area contributed by atoms with Crippen molar-refractivity contribution in [3.05, 3.63) is 59.4 Å². The van der Waals surface area contributed by atoms with E-state index in [1.165, 1.54) is 11.6 Å². The Bertz CT molecular complexity index is 610. The van der Waals surface area contributed by atoms with Crippen LogP contribution in [0.2, 0.25) is 0 Å². The van der Waals surface area contributed by atoms with Crippen molar-refractivity contribution in [1.29, 1.82) is 5.26 Å². The van der Waals surface area contributed by atoms with Crippen LogP contribution in [0, 0.1) is 17.1 Å². The third-order valence-electron chi connectivity index (χ3n) is 2.95. The molecular formula is C16H15FN2. The lowest BCUT2D eigenvalue weighted by atomic mass is 10.0. The van der Waals surface area contributed by atoms with E-state index in [1.54, 1.807) is 12.1 Å². The van der Waals surface area contributed by atoms with E-state index in [0.29, 0.717) is 17.2 Å². The molecule has 0 bridgehead atoms. The first-order valence-corrected chi connectivity index (χ1v) is 6.17. The van der Waals surface area contributed by atoms with E-state index in [1.807, 2.05) is 30.3 Å². The van der Waals surface area contributed by atoms with Crippen molar-refractivity contribution in [2.45, 2.75) is 19.8 Å². The second-order valence-corrected chi connectivity index (χ2v) is 4.71. The molecule has 0 atom stereocenters. The van der Waals surface area contributed by atoms with Crippen LogP contribution in [0.1, 0.15) is 30.9 Å². The van der Waals surface area contributed by atoms with Crippen LogP contribution in [0.3, 0.4) is 0 Å². The van der Waals surface area contributed by atoms with Crippen LogP contribution in [0.4, 0.5) is 15.8 Å². The van der Waals surface area contributed by atoms with Gasteiger partial charge in [0.15, 0.2) is 0 Å². The summed E-state index contributed by atoms with van der Waals surface area (Å²) < 4.78 is 13.7. The smallest absolute Gasteiger partial charge is 0.147 e. The van der Waals surface area contributed by atoms with Gasteiger partial charge in [0.1, 0.15) is 5.82 Å². The van der Waals surface area contributed by atoms with Gasteiger partial charge in [0.25, 0.3) is 0 Å². The Morgan fingerprint density at radius 1 is 1.11 bits per heavy atom. The number of nitrogens with one attached hydrogen (secondary N) is 1.